The summed E-state index contributed by atoms with van der Waals surface area (Å²) in [5, 5.41) is 14.9. The molecule has 0 atom stereocenters. The molecule has 0 radical (unpaired) electrons. The first-order valence-electron chi connectivity index (χ1n) is 5.76. The van der Waals surface area contributed by atoms with Crippen molar-refractivity contribution in [2.75, 3.05) is 23.4 Å². The molecule has 0 unspecified atom stereocenters. The Morgan fingerprint density at radius 3 is 2.79 bits per heavy atom. The molecule has 19 heavy (non-hydrogen) atoms. The van der Waals surface area contributed by atoms with Gasteiger partial charge in [-0.1, -0.05) is 12.1 Å². The van der Waals surface area contributed by atoms with Crippen LogP contribution in [0.15, 0.2) is 30.3 Å². The Morgan fingerprint density at radius 2 is 2.05 bits per heavy atom. The lowest BCUT2D eigenvalue weighted by Gasteiger charge is -2.08. The van der Waals surface area contributed by atoms with E-state index in [4.69, 9.17) is 11.0 Å². The van der Waals surface area contributed by atoms with Gasteiger partial charge in [-0.3, -0.25) is 0 Å². The number of nitrogens with one attached hydrogen (secondary N) is 2. The van der Waals surface area contributed by atoms with Crippen molar-refractivity contribution in [3.63, 3.8) is 0 Å². The van der Waals surface area contributed by atoms with Gasteiger partial charge in [-0.25, -0.2) is 0 Å². The molecule has 0 aliphatic rings. The van der Waals surface area contributed by atoms with Crippen molar-refractivity contribution in [3.8, 4) is 6.07 Å². The summed E-state index contributed by atoms with van der Waals surface area (Å²) in [6.45, 7) is 0.565. The molecule has 2 aromatic rings. The van der Waals surface area contributed by atoms with Crippen molar-refractivity contribution >= 4 is 17.6 Å². The SMILES string of the molecule is CNc1cc(NCc2cccc(C#N)c2)nc(N)n1. The van der Waals surface area contributed by atoms with Crippen LogP contribution in [0, 0.1) is 11.3 Å². The normalized spacial score (nSPS) is 9.68. The van der Waals surface area contributed by atoms with Gasteiger partial charge in [-0.05, 0) is 17.7 Å². The number of nitrogen functional groups attached to an aromatic ring is 1. The van der Waals surface area contributed by atoms with E-state index in [-0.39, 0.29) is 5.95 Å². The molecule has 96 valence electrons. The second kappa shape index (κ2) is 5.69. The maximum Gasteiger partial charge on any atom is 0.223 e. The number of hydrogen-bond donors (Lipinski definition) is 3. The van der Waals surface area contributed by atoms with E-state index in [0.717, 1.165) is 5.56 Å². The highest BCUT2D eigenvalue weighted by atomic mass is 15.1. The highest BCUT2D eigenvalue weighted by molar-refractivity contribution is 5.51. The molecule has 1 aromatic heterocycles. The van der Waals surface area contributed by atoms with E-state index >= 15 is 0 Å². The summed E-state index contributed by atoms with van der Waals surface area (Å²) < 4.78 is 0. The van der Waals surface area contributed by atoms with Crippen LogP contribution in [0.25, 0.3) is 0 Å². The van der Waals surface area contributed by atoms with E-state index in [1.54, 1.807) is 19.2 Å². The van der Waals surface area contributed by atoms with Gasteiger partial charge >= 0.3 is 0 Å². The van der Waals surface area contributed by atoms with Crippen molar-refractivity contribution in [1.82, 2.24) is 9.97 Å². The second-order valence-corrected chi connectivity index (χ2v) is 3.91. The van der Waals surface area contributed by atoms with E-state index in [2.05, 4.69) is 26.7 Å². The van der Waals surface area contributed by atoms with Crippen LogP contribution in [0.5, 0.6) is 0 Å². The predicted octanol–water partition coefficient (Wildman–Crippen LogP) is 1.58. The molecular weight excluding hydrogens is 240 g/mol. The largest absolute Gasteiger partial charge is 0.373 e. The summed E-state index contributed by atoms with van der Waals surface area (Å²) in [5.41, 5.74) is 7.24. The fourth-order valence-electron chi connectivity index (χ4n) is 1.63. The number of nitrogens with zero attached hydrogens (tertiary/aromatic N) is 3. The molecule has 0 fully saturated rings. The Morgan fingerprint density at radius 1 is 1.26 bits per heavy atom. The summed E-state index contributed by atoms with van der Waals surface area (Å²) in [6.07, 6.45) is 0. The molecule has 0 bridgehead atoms. The van der Waals surface area contributed by atoms with Crippen molar-refractivity contribution in [1.29, 1.82) is 5.26 Å². The lowest BCUT2D eigenvalue weighted by atomic mass is 10.1. The molecular formula is C13H14N6. The van der Waals surface area contributed by atoms with E-state index < -0.39 is 0 Å². The second-order valence-electron chi connectivity index (χ2n) is 3.91. The van der Waals surface area contributed by atoms with Crippen LogP contribution in [0.2, 0.25) is 0 Å². The van der Waals surface area contributed by atoms with Crippen molar-refractivity contribution in [2.45, 2.75) is 6.54 Å². The van der Waals surface area contributed by atoms with Gasteiger partial charge in [0.1, 0.15) is 11.6 Å². The zero-order valence-corrected chi connectivity index (χ0v) is 10.5. The molecule has 2 rings (SSSR count). The quantitative estimate of drug-likeness (QED) is 0.766. The van der Waals surface area contributed by atoms with Crippen LogP contribution in [0.3, 0.4) is 0 Å². The number of nitrogens with two attached hydrogens (primary N) is 1. The summed E-state index contributed by atoms with van der Waals surface area (Å²) in [7, 11) is 1.77. The Labute approximate surface area is 111 Å². The highest BCUT2D eigenvalue weighted by Gasteiger charge is 2.01. The van der Waals surface area contributed by atoms with Crippen molar-refractivity contribution in [3.05, 3.63) is 41.5 Å². The zero-order valence-electron chi connectivity index (χ0n) is 10.5. The third-order valence-electron chi connectivity index (χ3n) is 2.53. The van der Waals surface area contributed by atoms with Gasteiger partial charge < -0.3 is 16.4 Å². The number of hydrogen-bond acceptors (Lipinski definition) is 6. The van der Waals surface area contributed by atoms with Gasteiger partial charge in [0.2, 0.25) is 5.95 Å². The fourth-order valence-corrected chi connectivity index (χ4v) is 1.63. The Kier molecular flexibility index (Phi) is 3.78. The van der Waals surface area contributed by atoms with Gasteiger partial charge in [0.05, 0.1) is 11.6 Å². The molecule has 1 aromatic carbocycles. The standard InChI is InChI=1S/C13H14N6/c1-16-11-6-12(19-13(15)18-11)17-8-10-4-2-3-9(5-10)7-14/h2-6H,8H2,1H3,(H4,15,16,17,18,19). The average Bonchev–Trinajstić information content (AvgIpc) is 2.44. The van der Waals surface area contributed by atoms with Gasteiger partial charge in [0.15, 0.2) is 0 Å². The molecule has 0 saturated heterocycles. The summed E-state index contributed by atoms with van der Waals surface area (Å²) in [5.74, 6) is 1.50. The fraction of sp³-hybridized carbons (Fsp3) is 0.154. The topological polar surface area (TPSA) is 99.6 Å². The van der Waals surface area contributed by atoms with Crippen molar-refractivity contribution < 1.29 is 0 Å². The third-order valence-corrected chi connectivity index (χ3v) is 2.53. The Bertz CT molecular complexity index is 617. The first-order chi connectivity index (χ1) is 9.21. The number of benzene rings is 1. The van der Waals surface area contributed by atoms with E-state index in [1.165, 1.54) is 0 Å². The molecule has 6 heteroatoms. The summed E-state index contributed by atoms with van der Waals surface area (Å²) in [4.78, 5) is 8.10. The number of nitriles is 1. The van der Waals surface area contributed by atoms with Crippen LogP contribution in [-0.4, -0.2) is 17.0 Å². The minimum Gasteiger partial charge on any atom is -0.373 e. The average molecular weight is 254 g/mol. The Hall–Kier alpha value is -2.81. The lowest BCUT2D eigenvalue weighted by Crippen LogP contribution is -2.06. The van der Waals surface area contributed by atoms with E-state index in [0.29, 0.717) is 23.7 Å². The molecule has 6 nitrogen and oxygen atoms in total. The molecule has 0 aliphatic heterocycles. The van der Waals surface area contributed by atoms with Gasteiger partial charge in [-0.2, -0.15) is 15.2 Å². The highest BCUT2D eigenvalue weighted by Crippen LogP contribution is 2.13. The van der Waals surface area contributed by atoms with Crippen LogP contribution >= 0.6 is 0 Å². The molecule has 0 amide bonds. The number of aromatic nitrogens is 2. The molecule has 4 N–H and O–H groups in total. The minimum atomic E-state index is 0.208. The van der Waals surface area contributed by atoms with Crippen molar-refractivity contribution in [2.24, 2.45) is 0 Å². The Balaban J connectivity index is 2.10. The van der Waals surface area contributed by atoms with Crippen LogP contribution in [0.1, 0.15) is 11.1 Å². The number of rotatable bonds is 4. The van der Waals surface area contributed by atoms with Gasteiger partial charge in [-0.15, -0.1) is 0 Å². The van der Waals surface area contributed by atoms with Gasteiger partial charge in [0.25, 0.3) is 0 Å². The maximum absolute atomic E-state index is 8.84. The first-order valence-corrected chi connectivity index (χ1v) is 5.76. The molecule has 0 spiro atoms. The summed E-state index contributed by atoms with van der Waals surface area (Å²) >= 11 is 0. The van der Waals surface area contributed by atoms with Gasteiger partial charge in [0, 0.05) is 19.7 Å². The maximum atomic E-state index is 8.84. The van der Waals surface area contributed by atoms with Crippen LogP contribution in [0.4, 0.5) is 17.6 Å². The monoisotopic (exact) mass is 254 g/mol. The zero-order chi connectivity index (χ0) is 13.7. The molecule has 1 heterocycles. The first kappa shape index (κ1) is 12.6. The summed E-state index contributed by atoms with van der Waals surface area (Å²) in [6, 6.07) is 11.3. The molecule has 0 aliphatic carbocycles. The van der Waals surface area contributed by atoms with Crippen LogP contribution in [-0.2, 0) is 6.54 Å². The number of anilines is 3. The minimum absolute atomic E-state index is 0.208. The van der Waals surface area contributed by atoms with E-state index in [9.17, 15) is 0 Å². The predicted molar refractivity (Wildman–Crippen MR) is 74.5 cm³/mol. The third kappa shape index (κ3) is 3.33. The smallest absolute Gasteiger partial charge is 0.223 e. The van der Waals surface area contributed by atoms with Crippen LogP contribution < -0.4 is 16.4 Å². The molecule has 0 saturated carbocycles. The lowest BCUT2D eigenvalue weighted by molar-refractivity contribution is 1.09. The van der Waals surface area contributed by atoms with E-state index in [1.807, 2.05) is 18.2 Å².